The van der Waals surface area contributed by atoms with Gasteiger partial charge in [0.1, 0.15) is 0 Å². The molecule has 0 radical (unpaired) electrons. The second-order valence-corrected chi connectivity index (χ2v) is 5.39. The second-order valence-electron chi connectivity index (χ2n) is 3.30. The summed E-state index contributed by atoms with van der Waals surface area (Å²) >= 11 is 11.5. The molecule has 0 bridgehead atoms. The van der Waals surface area contributed by atoms with E-state index in [4.69, 9.17) is 11.6 Å². The fourth-order valence-corrected chi connectivity index (χ4v) is 2.87. The molecule has 0 saturated heterocycles. The van der Waals surface area contributed by atoms with Crippen molar-refractivity contribution in [1.82, 2.24) is 0 Å². The summed E-state index contributed by atoms with van der Waals surface area (Å²) in [5.41, 5.74) is 2.25. The first-order chi connectivity index (χ1) is 7.74. The Kier molecular flexibility index (Phi) is 3.95. The minimum Gasteiger partial charge on any atom is -0.129 e. The summed E-state index contributed by atoms with van der Waals surface area (Å²) in [6, 6.07) is 14.3. The highest BCUT2D eigenvalue weighted by Gasteiger charge is 2.11. The van der Waals surface area contributed by atoms with Crippen molar-refractivity contribution in [3.63, 3.8) is 0 Å². The molecule has 0 spiro atoms. The molecule has 2 aromatic carbocycles. The number of hydrogen-bond donors (Lipinski definition) is 0. The molecule has 0 atom stereocenters. The molecule has 82 valence electrons. The first-order valence-corrected chi connectivity index (χ1v) is 7.21. The Morgan fingerprint density at radius 2 is 1.75 bits per heavy atom. The van der Waals surface area contributed by atoms with Gasteiger partial charge >= 0.3 is 0 Å². The number of thioether (sulfide) groups is 1. The van der Waals surface area contributed by atoms with Crippen LogP contribution >= 0.6 is 39.3 Å². The lowest BCUT2D eigenvalue weighted by Gasteiger charge is -2.11. The van der Waals surface area contributed by atoms with Crippen LogP contribution in [0.4, 0.5) is 0 Å². The zero-order valence-corrected chi connectivity index (χ0v) is 11.9. The monoisotopic (exact) mass is 312 g/mol. The van der Waals surface area contributed by atoms with Crippen LogP contribution in [0.5, 0.6) is 0 Å². The maximum absolute atomic E-state index is 6.35. The zero-order valence-electron chi connectivity index (χ0n) is 8.71. The molecule has 0 aliphatic carbocycles. The van der Waals surface area contributed by atoms with Crippen LogP contribution in [0.1, 0.15) is 0 Å². The Hall–Kier alpha value is -0.440. The standard InChI is InChI=1S/C13H10BrClS/c1-16-11-8-7-10(14)13(15)12(11)9-5-3-2-4-6-9/h2-8H,1H3. The summed E-state index contributed by atoms with van der Waals surface area (Å²) in [4.78, 5) is 1.19. The Bertz CT molecular complexity index is 497. The van der Waals surface area contributed by atoms with Crippen molar-refractivity contribution < 1.29 is 0 Å². The van der Waals surface area contributed by atoms with Crippen molar-refractivity contribution in [3.8, 4) is 11.1 Å². The van der Waals surface area contributed by atoms with Gasteiger partial charge in [0.15, 0.2) is 0 Å². The lowest BCUT2D eigenvalue weighted by atomic mass is 10.1. The summed E-state index contributed by atoms with van der Waals surface area (Å²) in [5, 5.41) is 0.776. The molecule has 0 nitrogen and oxygen atoms in total. The molecule has 2 rings (SSSR count). The van der Waals surface area contributed by atoms with Gasteiger partial charge in [0.25, 0.3) is 0 Å². The van der Waals surface area contributed by atoms with E-state index in [1.165, 1.54) is 4.90 Å². The normalized spacial score (nSPS) is 10.4. The zero-order chi connectivity index (χ0) is 11.5. The Labute approximate surface area is 113 Å². The van der Waals surface area contributed by atoms with Crippen LogP contribution in [-0.2, 0) is 0 Å². The van der Waals surface area contributed by atoms with Gasteiger partial charge in [-0.2, -0.15) is 0 Å². The van der Waals surface area contributed by atoms with E-state index in [1.54, 1.807) is 11.8 Å². The van der Waals surface area contributed by atoms with Crippen LogP contribution in [0.15, 0.2) is 51.8 Å². The van der Waals surface area contributed by atoms with Gasteiger partial charge in [-0.3, -0.25) is 0 Å². The van der Waals surface area contributed by atoms with Crippen molar-refractivity contribution in [2.24, 2.45) is 0 Å². The average molecular weight is 314 g/mol. The van der Waals surface area contributed by atoms with Gasteiger partial charge in [-0.15, -0.1) is 11.8 Å². The van der Waals surface area contributed by atoms with Crippen LogP contribution in [0.2, 0.25) is 5.02 Å². The van der Waals surface area contributed by atoms with Gasteiger partial charge in [-0.05, 0) is 39.9 Å². The van der Waals surface area contributed by atoms with E-state index in [2.05, 4.69) is 40.4 Å². The predicted molar refractivity (Wildman–Crippen MR) is 76.4 cm³/mol. The SMILES string of the molecule is CSc1ccc(Br)c(Cl)c1-c1ccccc1. The van der Waals surface area contributed by atoms with Crippen LogP contribution in [0, 0.1) is 0 Å². The molecule has 0 unspecified atom stereocenters. The van der Waals surface area contributed by atoms with Crippen LogP contribution in [-0.4, -0.2) is 6.26 Å². The van der Waals surface area contributed by atoms with Crippen LogP contribution < -0.4 is 0 Å². The Morgan fingerprint density at radius 1 is 1.06 bits per heavy atom. The number of hydrogen-bond acceptors (Lipinski definition) is 1. The third-order valence-electron chi connectivity index (χ3n) is 2.34. The van der Waals surface area contributed by atoms with Gasteiger partial charge in [0.05, 0.1) is 5.02 Å². The van der Waals surface area contributed by atoms with Gasteiger partial charge in [-0.25, -0.2) is 0 Å². The van der Waals surface area contributed by atoms with E-state index >= 15 is 0 Å². The van der Waals surface area contributed by atoms with Crippen molar-refractivity contribution in [2.75, 3.05) is 6.26 Å². The van der Waals surface area contributed by atoms with Crippen LogP contribution in [0.25, 0.3) is 11.1 Å². The third kappa shape index (κ3) is 2.29. The molecular weight excluding hydrogens is 304 g/mol. The quantitative estimate of drug-likeness (QED) is 0.660. The van der Waals surface area contributed by atoms with Crippen molar-refractivity contribution >= 4 is 39.3 Å². The fourth-order valence-electron chi connectivity index (χ4n) is 1.58. The second kappa shape index (κ2) is 5.26. The van der Waals surface area contributed by atoms with E-state index in [1.807, 2.05) is 24.3 Å². The van der Waals surface area contributed by atoms with E-state index < -0.39 is 0 Å². The van der Waals surface area contributed by atoms with Gasteiger partial charge in [-0.1, -0.05) is 41.9 Å². The highest BCUT2D eigenvalue weighted by molar-refractivity contribution is 9.10. The average Bonchev–Trinajstić information content (AvgIpc) is 2.33. The molecular formula is C13H10BrClS. The summed E-state index contributed by atoms with van der Waals surface area (Å²) < 4.78 is 0.936. The molecule has 0 fully saturated rings. The molecule has 0 aromatic heterocycles. The number of halogens is 2. The largest absolute Gasteiger partial charge is 0.129 e. The fraction of sp³-hybridized carbons (Fsp3) is 0.0769. The number of rotatable bonds is 2. The predicted octanol–water partition coefficient (Wildman–Crippen LogP) is 5.49. The number of benzene rings is 2. The van der Waals surface area contributed by atoms with E-state index in [9.17, 15) is 0 Å². The molecule has 0 heterocycles. The molecule has 2 aromatic rings. The highest BCUT2D eigenvalue weighted by Crippen LogP contribution is 2.40. The molecule has 0 aliphatic heterocycles. The van der Waals surface area contributed by atoms with Crippen LogP contribution in [0.3, 0.4) is 0 Å². The summed E-state index contributed by atoms with van der Waals surface area (Å²) in [5.74, 6) is 0. The highest BCUT2D eigenvalue weighted by atomic mass is 79.9. The molecule has 16 heavy (non-hydrogen) atoms. The smallest absolute Gasteiger partial charge is 0.0637 e. The molecule has 0 N–H and O–H groups in total. The summed E-state index contributed by atoms with van der Waals surface area (Å²) in [7, 11) is 0. The maximum atomic E-state index is 6.35. The Balaban J connectivity index is 2.67. The summed E-state index contributed by atoms with van der Waals surface area (Å²) in [6.45, 7) is 0. The minimum atomic E-state index is 0.776. The summed E-state index contributed by atoms with van der Waals surface area (Å²) in [6.07, 6.45) is 2.06. The van der Waals surface area contributed by atoms with E-state index in [0.29, 0.717) is 0 Å². The lowest BCUT2D eigenvalue weighted by molar-refractivity contribution is 1.43. The third-order valence-corrected chi connectivity index (χ3v) is 4.40. The molecule has 0 amide bonds. The van der Waals surface area contributed by atoms with Gasteiger partial charge in [0, 0.05) is 14.9 Å². The van der Waals surface area contributed by atoms with Crippen molar-refractivity contribution in [1.29, 1.82) is 0 Å². The van der Waals surface area contributed by atoms with Gasteiger partial charge < -0.3 is 0 Å². The molecule has 3 heteroatoms. The lowest BCUT2D eigenvalue weighted by Crippen LogP contribution is -1.84. The van der Waals surface area contributed by atoms with Gasteiger partial charge in [0.2, 0.25) is 0 Å². The first kappa shape index (κ1) is 12.0. The molecule has 0 aliphatic rings. The molecule has 0 saturated carbocycles. The first-order valence-electron chi connectivity index (χ1n) is 4.81. The minimum absolute atomic E-state index is 0.776. The Morgan fingerprint density at radius 3 is 2.38 bits per heavy atom. The maximum Gasteiger partial charge on any atom is 0.0637 e. The van der Waals surface area contributed by atoms with E-state index in [0.717, 1.165) is 20.6 Å². The van der Waals surface area contributed by atoms with E-state index in [-0.39, 0.29) is 0 Å². The van der Waals surface area contributed by atoms with Crippen molar-refractivity contribution in [2.45, 2.75) is 4.90 Å². The van der Waals surface area contributed by atoms with Crippen molar-refractivity contribution in [3.05, 3.63) is 52.0 Å². The topological polar surface area (TPSA) is 0 Å².